The van der Waals surface area contributed by atoms with Gasteiger partial charge in [-0.3, -0.25) is 0 Å². The molecule has 4 rings (SSSR count). The Kier molecular flexibility index (Phi) is 15.5. The van der Waals surface area contributed by atoms with E-state index < -0.39 is 5.82 Å². The van der Waals surface area contributed by atoms with Gasteiger partial charge in [-0.25, -0.2) is 19.9 Å². The Bertz CT molecular complexity index is 1290. The van der Waals surface area contributed by atoms with Crippen LogP contribution in [-0.4, -0.2) is 18.6 Å². The average molecular weight is 612 g/mol. The van der Waals surface area contributed by atoms with Gasteiger partial charge in [-0.05, 0) is 68.1 Å². The third kappa shape index (κ3) is 10.5. The Hall–Kier alpha value is -3.13. The highest BCUT2D eigenvalue weighted by molar-refractivity contribution is 6.30. The van der Waals surface area contributed by atoms with E-state index in [1.807, 2.05) is 13.8 Å². The lowest BCUT2D eigenvalue weighted by atomic mass is 9.91. The van der Waals surface area contributed by atoms with Crippen LogP contribution in [0.4, 0.5) is 21.6 Å². The summed E-state index contributed by atoms with van der Waals surface area (Å²) < 4.78 is 15.4. The second-order valence-corrected chi connectivity index (χ2v) is 11.3. The van der Waals surface area contributed by atoms with Crippen LogP contribution in [0.2, 0.25) is 5.02 Å². The molecule has 0 radical (unpaired) electrons. The monoisotopic (exact) mass is 611 g/mol. The molecule has 2 heterocycles. The van der Waals surface area contributed by atoms with E-state index in [1.54, 1.807) is 37.5 Å². The number of aryl methyl sites for hydroxylation is 1. The molecule has 2 N–H and O–H groups in total. The standard InChI is InChI=1S/C27H31ClFN5O.2C4H10/c1-17(2)34(19(4)22-8-6-7-20-9-11-30-16-23(20)22)25-15-24(29)26(13-18(25)3)33(5)35-32-27-14-21(28)10-12-31-27;2*1-3-4-2/h6-8,10,12-15,19,30H,1,9,11,16H2,2-5H3,(H,31,32);2*3-4H2,1-2H3. The van der Waals surface area contributed by atoms with Gasteiger partial charge in [0.1, 0.15) is 5.69 Å². The van der Waals surface area contributed by atoms with Crippen molar-refractivity contribution in [2.24, 2.45) is 0 Å². The molecule has 1 aliphatic rings. The molecule has 1 unspecified atom stereocenters. The molecule has 236 valence electrons. The van der Waals surface area contributed by atoms with Crippen LogP contribution in [0.15, 0.2) is 60.9 Å². The molecule has 0 fully saturated rings. The van der Waals surface area contributed by atoms with Crippen LogP contribution >= 0.6 is 11.6 Å². The molecule has 2 aromatic carbocycles. The van der Waals surface area contributed by atoms with Gasteiger partial charge in [0.05, 0.1) is 6.04 Å². The fourth-order valence-electron chi connectivity index (χ4n) is 4.60. The number of hydrogen-bond donors (Lipinski definition) is 2. The summed E-state index contributed by atoms with van der Waals surface area (Å²) in [6.45, 7) is 20.8. The molecule has 1 aromatic heterocycles. The summed E-state index contributed by atoms with van der Waals surface area (Å²) in [6, 6.07) is 13.0. The van der Waals surface area contributed by atoms with E-state index in [9.17, 15) is 0 Å². The third-order valence-corrected chi connectivity index (χ3v) is 7.54. The van der Waals surface area contributed by atoms with Crippen molar-refractivity contribution in [2.75, 3.05) is 29.0 Å². The minimum atomic E-state index is -0.413. The summed E-state index contributed by atoms with van der Waals surface area (Å²) in [5.74, 6) is 0.00484. The Morgan fingerprint density at radius 2 is 1.77 bits per heavy atom. The van der Waals surface area contributed by atoms with Crippen LogP contribution in [0, 0.1) is 12.7 Å². The van der Waals surface area contributed by atoms with Crippen LogP contribution in [0.25, 0.3) is 0 Å². The number of halogens is 2. The fraction of sp³-hybridized carbons (Fsp3) is 0.457. The summed E-state index contributed by atoms with van der Waals surface area (Å²) in [7, 11) is 1.62. The van der Waals surface area contributed by atoms with Gasteiger partial charge in [-0.1, -0.05) is 89.8 Å². The molecule has 3 aromatic rings. The molecule has 0 bridgehead atoms. The SMILES string of the molecule is C=C(C)N(c1cc(F)c(N(C)ONc2cc(Cl)ccn2)cc1C)C(C)c1cccc2c1CNCC2.CCCC.CCCC. The van der Waals surface area contributed by atoms with Gasteiger partial charge in [0.15, 0.2) is 11.6 Å². The number of nitrogens with zero attached hydrogens (tertiary/aromatic N) is 3. The number of nitrogens with one attached hydrogen (secondary N) is 2. The van der Waals surface area contributed by atoms with Gasteiger partial charge in [0.2, 0.25) is 0 Å². The highest BCUT2D eigenvalue weighted by atomic mass is 35.5. The molecule has 43 heavy (non-hydrogen) atoms. The Morgan fingerprint density at radius 1 is 1.09 bits per heavy atom. The molecular weight excluding hydrogens is 561 g/mol. The number of pyridine rings is 1. The van der Waals surface area contributed by atoms with E-state index >= 15 is 4.39 Å². The highest BCUT2D eigenvalue weighted by Gasteiger charge is 2.25. The molecule has 8 heteroatoms. The zero-order valence-electron chi connectivity index (χ0n) is 27.4. The molecule has 0 saturated heterocycles. The Balaban J connectivity index is 0.000000719. The topological polar surface area (TPSA) is 52.7 Å². The first-order valence-electron chi connectivity index (χ1n) is 15.4. The van der Waals surface area contributed by atoms with Crippen molar-refractivity contribution in [3.8, 4) is 0 Å². The fourth-order valence-corrected chi connectivity index (χ4v) is 4.76. The molecular formula is C35H51ClFN5O. The number of hydrogen-bond acceptors (Lipinski definition) is 6. The molecule has 1 aliphatic heterocycles. The number of hydroxylamine groups is 1. The van der Waals surface area contributed by atoms with Crippen LogP contribution in [0.5, 0.6) is 0 Å². The minimum Gasteiger partial charge on any atom is -0.338 e. The van der Waals surface area contributed by atoms with Crippen LogP contribution in [-0.2, 0) is 17.9 Å². The van der Waals surface area contributed by atoms with Crippen LogP contribution in [0.3, 0.4) is 0 Å². The third-order valence-electron chi connectivity index (χ3n) is 7.30. The number of allylic oxidation sites excluding steroid dienone is 1. The first-order chi connectivity index (χ1) is 20.6. The summed E-state index contributed by atoms with van der Waals surface area (Å²) in [4.78, 5) is 11.7. The predicted octanol–water partition coefficient (Wildman–Crippen LogP) is 9.94. The van der Waals surface area contributed by atoms with Crippen molar-refractivity contribution < 1.29 is 9.33 Å². The summed E-state index contributed by atoms with van der Waals surface area (Å²) in [5.41, 5.74) is 9.40. The maximum absolute atomic E-state index is 15.4. The van der Waals surface area contributed by atoms with Crippen molar-refractivity contribution in [3.05, 3.63) is 94.0 Å². The van der Waals surface area contributed by atoms with Gasteiger partial charge in [-0.2, -0.15) is 4.94 Å². The minimum absolute atomic E-state index is 0.0177. The zero-order chi connectivity index (χ0) is 31.9. The predicted molar refractivity (Wildman–Crippen MR) is 182 cm³/mol. The van der Waals surface area contributed by atoms with Gasteiger partial charge < -0.3 is 10.2 Å². The van der Waals surface area contributed by atoms with Gasteiger partial charge in [-0.15, -0.1) is 0 Å². The molecule has 0 aliphatic carbocycles. The summed E-state index contributed by atoms with van der Waals surface area (Å²) >= 11 is 5.98. The van der Waals surface area contributed by atoms with E-state index in [-0.39, 0.29) is 11.7 Å². The summed E-state index contributed by atoms with van der Waals surface area (Å²) in [5, 5.41) is 5.31. The van der Waals surface area contributed by atoms with Crippen molar-refractivity contribution in [1.29, 1.82) is 0 Å². The van der Waals surface area contributed by atoms with Crippen LogP contribution in [0.1, 0.15) is 95.5 Å². The lowest BCUT2D eigenvalue weighted by Crippen LogP contribution is -2.30. The quantitative estimate of drug-likeness (QED) is 0.223. The lowest BCUT2D eigenvalue weighted by molar-refractivity contribution is 0.176. The number of anilines is 3. The second kappa shape index (κ2) is 18.5. The summed E-state index contributed by atoms with van der Waals surface area (Å²) in [6.07, 6.45) is 7.84. The molecule has 0 amide bonds. The van der Waals surface area contributed by atoms with Gasteiger partial charge in [0.25, 0.3) is 0 Å². The van der Waals surface area contributed by atoms with Gasteiger partial charge in [0, 0.05) is 48.3 Å². The maximum Gasteiger partial charge on any atom is 0.153 e. The number of rotatable bonds is 10. The normalized spacial score (nSPS) is 12.5. The van der Waals surface area contributed by atoms with E-state index in [0.29, 0.717) is 10.8 Å². The number of benzene rings is 2. The van der Waals surface area contributed by atoms with E-state index in [2.05, 4.69) is 80.1 Å². The highest BCUT2D eigenvalue weighted by Crippen LogP contribution is 2.37. The molecule has 6 nitrogen and oxygen atoms in total. The Morgan fingerprint density at radius 3 is 2.37 bits per heavy atom. The van der Waals surface area contributed by atoms with Crippen molar-refractivity contribution in [3.63, 3.8) is 0 Å². The number of unbranched alkanes of at least 4 members (excludes halogenated alkanes) is 2. The second-order valence-electron chi connectivity index (χ2n) is 10.8. The van der Waals surface area contributed by atoms with Gasteiger partial charge >= 0.3 is 0 Å². The first-order valence-corrected chi connectivity index (χ1v) is 15.8. The number of fused-ring (bicyclic) bond motifs is 1. The van der Waals surface area contributed by atoms with Crippen LogP contribution < -0.4 is 20.8 Å². The average Bonchev–Trinajstić information content (AvgIpc) is 3.01. The van der Waals surface area contributed by atoms with Crippen molar-refractivity contribution in [1.82, 2.24) is 10.3 Å². The first kappa shape index (κ1) is 36.1. The van der Waals surface area contributed by atoms with E-state index in [1.165, 1.54) is 47.4 Å². The van der Waals surface area contributed by atoms with E-state index in [4.69, 9.17) is 16.5 Å². The lowest BCUT2D eigenvalue weighted by Gasteiger charge is -2.35. The van der Waals surface area contributed by atoms with Crippen molar-refractivity contribution in [2.45, 2.75) is 93.2 Å². The molecule has 0 spiro atoms. The molecule has 1 atom stereocenters. The molecule has 0 saturated carbocycles. The van der Waals surface area contributed by atoms with E-state index in [0.717, 1.165) is 36.5 Å². The largest absolute Gasteiger partial charge is 0.338 e. The smallest absolute Gasteiger partial charge is 0.153 e. The Labute approximate surface area is 264 Å². The number of aromatic nitrogens is 1. The maximum atomic E-state index is 15.4. The van der Waals surface area contributed by atoms with Crippen molar-refractivity contribution >= 4 is 28.8 Å². The zero-order valence-corrected chi connectivity index (χ0v) is 28.1.